The van der Waals surface area contributed by atoms with Crippen LogP contribution in [0.3, 0.4) is 0 Å². The summed E-state index contributed by atoms with van der Waals surface area (Å²) in [6.07, 6.45) is 8.13. The summed E-state index contributed by atoms with van der Waals surface area (Å²) in [4.78, 5) is 8.88. The maximum absolute atomic E-state index is 5.50. The summed E-state index contributed by atoms with van der Waals surface area (Å²) in [7, 11) is 1.90. The number of imidazole rings is 1. The lowest BCUT2D eigenvalue weighted by molar-refractivity contribution is 0.515. The van der Waals surface area contributed by atoms with Crippen molar-refractivity contribution in [2.45, 2.75) is 32.2 Å². The van der Waals surface area contributed by atoms with Gasteiger partial charge in [0.25, 0.3) is 0 Å². The topological polar surface area (TPSA) is 55.9 Å². The molecule has 5 nitrogen and oxygen atoms in total. The van der Waals surface area contributed by atoms with Gasteiger partial charge in [-0.15, -0.1) is 0 Å². The Morgan fingerprint density at radius 2 is 2.29 bits per heavy atom. The van der Waals surface area contributed by atoms with Crippen LogP contribution in [0.15, 0.2) is 17.0 Å². The lowest BCUT2D eigenvalue weighted by atomic mass is 10.0. The minimum absolute atomic E-state index is 0.630. The number of nitrogens with one attached hydrogen (secondary N) is 1. The second-order valence-electron chi connectivity index (χ2n) is 4.37. The molecule has 90 valence electrons. The van der Waals surface area contributed by atoms with Crippen molar-refractivity contribution >= 4 is 0 Å². The summed E-state index contributed by atoms with van der Waals surface area (Å²) >= 11 is 0. The van der Waals surface area contributed by atoms with Crippen molar-refractivity contribution in [3.05, 3.63) is 29.7 Å². The van der Waals surface area contributed by atoms with Crippen LogP contribution in [0.5, 0.6) is 0 Å². The summed E-state index contributed by atoms with van der Waals surface area (Å²) in [5.41, 5.74) is 3.37. The molecule has 5 heteroatoms. The van der Waals surface area contributed by atoms with Crippen LogP contribution in [-0.2, 0) is 19.4 Å². The van der Waals surface area contributed by atoms with Gasteiger partial charge in [0.2, 0.25) is 0 Å². The van der Waals surface area contributed by atoms with Crippen LogP contribution in [0, 0.1) is 0 Å². The lowest BCUT2D eigenvalue weighted by Crippen LogP contribution is -2.08. The molecule has 0 radical (unpaired) electrons. The quantitative estimate of drug-likeness (QED) is 0.870. The Kier molecular flexibility index (Phi) is 2.68. The van der Waals surface area contributed by atoms with Gasteiger partial charge in [0.1, 0.15) is 12.6 Å². The summed E-state index contributed by atoms with van der Waals surface area (Å²) in [5, 5.41) is 3.06. The van der Waals surface area contributed by atoms with Crippen molar-refractivity contribution in [2.24, 2.45) is 0 Å². The van der Waals surface area contributed by atoms with Crippen LogP contribution in [0.1, 0.15) is 29.9 Å². The van der Waals surface area contributed by atoms with E-state index in [1.54, 1.807) is 6.26 Å². The fraction of sp³-hybridized carbons (Fsp3) is 0.500. The number of aryl methyl sites for hydroxylation is 1. The summed E-state index contributed by atoms with van der Waals surface area (Å²) < 4.78 is 7.48. The molecule has 0 saturated heterocycles. The first-order chi connectivity index (χ1) is 8.38. The number of rotatable bonds is 3. The highest BCUT2D eigenvalue weighted by molar-refractivity contribution is 5.24. The number of nitrogens with zero attached hydrogens (tertiary/aromatic N) is 3. The highest BCUT2D eigenvalue weighted by atomic mass is 16.4. The third-order valence-electron chi connectivity index (χ3n) is 3.13. The highest BCUT2D eigenvalue weighted by Crippen LogP contribution is 2.22. The van der Waals surface area contributed by atoms with Gasteiger partial charge in [-0.2, -0.15) is 4.98 Å². The smallest absolute Gasteiger partial charge is 0.307 e. The van der Waals surface area contributed by atoms with Crippen LogP contribution in [-0.4, -0.2) is 21.6 Å². The molecule has 0 saturated carbocycles. The molecule has 0 spiro atoms. The van der Waals surface area contributed by atoms with Gasteiger partial charge < -0.3 is 9.73 Å². The lowest BCUT2D eigenvalue weighted by Gasteiger charge is -2.11. The highest BCUT2D eigenvalue weighted by Gasteiger charge is 2.18. The Bertz CT molecular complexity index is 514. The zero-order valence-corrected chi connectivity index (χ0v) is 9.94. The molecule has 0 bridgehead atoms. The molecule has 1 N–H and O–H groups in total. The van der Waals surface area contributed by atoms with E-state index < -0.39 is 0 Å². The molecule has 0 atom stereocenters. The van der Waals surface area contributed by atoms with Crippen LogP contribution < -0.4 is 5.32 Å². The Morgan fingerprint density at radius 1 is 1.41 bits per heavy atom. The zero-order valence-electron chi connectivity index (χ0n) is 9.94. The van der Waals surface area contributed by atoms with E-state index in [-0.39, 0.29) is 0 Å². The fourth-order valence-electron chi connectivity index (χ4n) is 2.30. The molecule has 1 aliphatic rings. The van der Waals surface area contributed by atoms with Crippen LogP contribution >= 0.6 is 0 Å². The molecule has 2 aromatic heterocycles. The Morgan fingerprint density at radius 3 is 3.18 bits per heavy atom. The molecule has 1 aliphatic carbocycles. The van der Waals surface area contributed by atoms with Crippen molar-refractivity contribution in [1.29, 1.82) is 0 Å². The van der Waals surface area contributed by atoms with Crippen molar-refractivity contribution in [3.63, 3.8) is 0 Å². The normalized spacial score (nSPS) is 14.9. The van der Waals surface area contributed by atoms with E-state index in [0.717, 1.165) is 25.1 Å². The Labute approximate surface area is 99.9 Å². The average molecular weight is 232 g/mol. The second kappa shape index (κ2) is 4.33. The first-order valence-electron chi connectivity index (χ1n) is 6.03. The third-order valence-corrected chi connectivity index (χ3v) is 3.13. The molecule has 0 fully saturated rings. The maximum Gasteiger partial charge on any atom is 0.307 e. The van der Waals surface area contributed by atoms with E-state index >= 15 is 0 Å². The first kappa shape index (κ1) is 10.5. The predicted octanol–water partition coefficient (Wildman–Crippen LogP) is 1.46. The molecule has 0 unspecified atom stereocenters. The van der Waals surface area contributed by atoms with E-state index in [1.165, 1.54) is 24.2 Å². The molecule has 2 aromatic rings. The second-order valence-corrected chi connectivity index (χ2v) is 4.37. The largest absolute Gasteiger partial charge is 0.431 e. The molecule has 2 heterocycles. The van der Waals surface area contributed by atoms with Crippen LogP contribution in [0.2, 0.25) is 0 Å². The molecule has 0 amide bonds. The first-order valence-corrected chi connectivity index (χ1v) is 6.03. The maximum atomic E-state index is 5.50. The molecule has 0 aliphatic heterocycles. The molecular weight excluding hydrogens is 216 g/mol. The summed E-state index contributed by atoms with van der Waals surface area (Å²) in [5.74, 6) is 0. The Balaban J connectivity index is 1.94. The van der Waals surface area contributed by atoms with Gasteiger partial charge in [0.05, 0.1) is 17.1 Å². The van der Waals surface area contributed by atoms with Gasteiger partial charge in [-0.1, -0.05) is 0 Å². The summed E-state index contributed by atoms with van der Waals surface area (Å²) in [6.45, 7) is 0.723. The SMILES string of the molecule is CNCc1coc(-n2cnc3c2CCCC3)n1. The number of hydrogen-bond donors (Lipinski definition) is 1. The van der Waals surface area contributed by atoms with Crippen LogP contribution in [0.25, 0.3) is 6.01 Å². The van der Waals surface area contributed by atoms with E-state index in [0.29, 0.717) is 6.01 Å². The number of oxazole rings is 1. The van der Waals surface area contributed by atoms with Gasteiger partial charge in [-0.3, -0.25) is 4.57 Å². The van der Waals surface area contributed by atoms with E-state index in [9.17, 15) is 0 Å². The van der Waals surface area contributed by atoms with E-state index in [4.69, 9.17) is 4.42 Å². The van der Waals surface area contributed by atoms with E-state index in [2.05, 4.69) is 15.3 Å². The predicted molar refractivity (Wildman–Crippen MR) is 63.0 cm³/mol. The van der Waals surface area contributed by atoms with E-state index in [1.807, 2.05) is 17.9 Å². The average Bonchev–Trinajstić information content (AvgIpc) is 2.95. The number of hydrogen-bond acceptors (Lipinski definition) is 4. The number of fused-ring (bicyclic) bond motifs is 1. The van der Waals surface area contributed by atoms with Crippen molar-refractivity contribution < 1.29 is 4.42 Å². The van der Waals surface area contributed by atoms with Crippen molar-refractivity contribution in [2.75, 3.05) is 7.05 Å². The van der Waals surface area contributed by atoms with Crippen molar-refractivity contribution in [3.8, 4) is 6.01 Å². The minimum atomic E-state index is 0.630. The van der Waals surface area contributed by atoms with Gasteiger partial charge in [-0.25, -0.2) is 4.98 Å². The van der Waals surface area contributed by atoms with Crippen molar-refractivity contribution in [1.82, 2.24) is 19.9 Å². The van der Waals surface area contributed by atoms with Gasteiger partial charge >= 0.3 is 6.01 Å². The fourth-order valence-corrected chi connectivity index (χ4v) is 2.30. The zero-order chi connectivity index (χ0) is 11.7. The van der Waals surface area contributed by atoms with Gasteiger partial charge in [-0.05, 0) is 32.7 Å². The summed E-state index contributed by atoms with van der Waals surface area (Å²) in [6, 6.07) is 0.630. The Hall–Kier alpha value is -1.62. The molecule has 17 heavy (non-hydrogen) atoms. The molecular formula is C12H16N4O. The van der Waals surface area contributed by atoms with Gasteiger partial charge in [0, 0.05) is 6.54 Å². The minimum Gasteiger partial charge on any atom is -0.431 e. The molecule has 3 rings (SSSR count). The van der Waals surface area contributed by atoms with Crippen LogP contribution in [0.4, 0.5) is 0 Å². The number of aromatic nitrogens is 3. The van der Waals surface area contributed by atoms with Gasteiger partial charge in [0.15, 0.2) is 0 Å². The third kappa shape index (κ3) is 1.86. The standard InChI is InChI=1S/C12H16N4O/c1-13-6-9-7-17-12(15-9)16-8-14-10-4-2-3-5-11(10)16/h7-8,13H,2-6H2,1H3. The monoisotopic (exact) mass is 232 g/mol. The molecule has 0 aromatic carbocycles.